The smallest absolute Gasteiger partial charge is 0.150 e. The molecule has 0 fully saturated rings. The van der Waals surface area contributed by atoms with Gasteiger partial charge in [-0.1, -0.05) is 12.1 Å². The molecule has 0 N–H and O–H groups in total. The highest BCUT2D eigenvalue weighted by atomic mass is 35.5. The van der Waals surface area contributed by atoms with Crippen molar-refractivity contribution in [3.05, 3.63) is 54.1 Å². The highest BCUT2D eigenvalue weighted by molar-refractivity contribution is 6.16. The molecular formula is C18H17ClFN3O. The average molecular weight is 346 g/mol. The second-order valence-electron chi connectivity index (χ2n) is 5.22. The fraction of sp³-hybridized carbons (Fsp3) is 0.222. The van der Waals surface area contributed by atoms with Gasteiger partial charge in [-0.3, -0.25) is 0 Å². The standard InChI is InChI=1S/C18H17ClFN3O/c1-3-24-12-8-9-16(14(20)10-12)23(2)18-13-6-4-5-7-15(13)21-17(11-19)22-18/h4-10H,3,11H2,1-2H3. The van der Waals surface area contributed by atoms with Gasteiger partial charge < -0.3 is 9.64 Å². The number of nitrogens with zero attached hydrogens (tertiary/aromatic N) is 3. The summed E-state index contributed by atoms with van der Waals surface area (Å²) in [5.74, 6) is 1.43. The lowest BCUT2D eigenvalue weighted by Crippen LogP contribution is -2.15. The van der Waals surface area contributed by atoms with E-state index in [9.17, 15) is 4.39 Å². The van der Waals surface area contributed by atoms with Gasteiger partial charge in [0.15, 0.2) is 5.82 Å². The summed E-state index contributed by atoms with van der Waals surface area (Å²) in [7, 11) is 1.77. The van der Waals surface area contributed by atoms with Gasteiger partial charge in [-0.15, -0.1) is 11.6 Å². The van der Waals surface area contributed by atoms with Crippen LogP contribution in [0.5, 0.6) is 5.75 Å². The lowest BCUT2D eigenvalue weighted by atomic mass is 10.2. The second kappa shape index (κ2) is 7.01. The third-order valence-corrected chi connectivity index (χ3v) is 3.90. The Kier molecular flexibility index (Phi) is 4.81. The Labute approximate surface area is 144 Å². The zero-order chi connectivity index (χ0) is 17.1. The fourth-order valence-electron chi connectivity index (χ4n) is 2.55. The van der Waals surface area contributed by atoms with Crippen LogP contribution in [0.1, 0.15) is 12.7 Å². The molecule has 0 aliphatic rings. The van der Waals surface area contributed by atoms with Crippen LogP contribution in [0.4, 0.5) is 15.9 Å². The number of fused-ring (bicyclic) bond motifs is 1. The Morgan fingerprint density at radius 3 is 2.67 bits per heavy atom. The number of para-hydroxylation sites is 1. The van der Waals surface area contributed by atoms with Gasteiger partial charge in [0.2, 0.25) is 0 Å². The summed E-state index contributed by atoms with van der Waals surface area (Å²) in [6, 6.07) is 12.4. The maximum Gasteiger partial charge on any atom is 0.150 e. The first-order valence-corrected chi connectivity index (χ1v) is 8.15. The maximum absolute atomic E-state index is 14.5. The van der Waals surface area contributed by atoms with Crippen molar-refractivity contribution in [2.24, 2.45) is 0 Å². The molecule has 0 unspecified atom stereocenters. The molecule has 4 nitrogen and oxygen atoms in total. The topological polar surface area (TPSA) is 38.2 Å². The van der Waals surface area contributed by atoms with Crippen molar-refractivity contribution in [2.45, 2.75) is 12.8 Å². The second-order valence-corrected chi connectivity index (χ2v) is 5.49. The first-order valence-electron chi connectivity index (χ1n) is 7.61. The molecule has 0 amide bonds. The van der Waals surface area contributed by atoms with Crippen LogP contribution in [0.3, 0.4) is 0 Å². The Bertz CT molecular complexity index is 872. The lowest BCUT2D eigenvalue weighted by molar-refractivity contribution is 0.338. The van der Waals surface area contributed by atoms with Crippen LogP contribution in [-0.4, -0.2) is 23.6 Å². The molecule has 1 heterocycles. The van der Waals surface area contributed by atoms with Crippen molar-refractivity contribution < 1.29 is 9.13 Å². The summed E-state index contributed by atoms with van der Waals surface area (Å²) in [6.07, 6.45) is 0. The summed E-state index contributed by atoms with van der Waals surface area (Å²) in [4.78, 5) is 10.6. The fourth-order valence-corrected chi connectivity index (χ4v) is 2.67. The SMILES string of the molecule is CCOc1ccc(N(C)c2nc(CCl)nc3ccccc23)c(F)c1. The molecule has 24 heavy (non-hydrogen) atoms. The largest absolute Gasteiger partial charge is 0.494 e. The van der Waals surface area contributed by atoms with Crippen LogP contribution in [-0.2, 0) is 5.88 Å². The van der Waals surface area contributed by atoms with E-state index in [2.05, 4.69) is 9.97 Å². The highest BCUT2D eigenvalue weighted by Crippen LogP contribution is 2.32. The van der Waals surface area contributed by atoms with Gasteiger partial charge >= 0.3 is 0 Å². The lowest BCUT2D eigenvalue weighted by Gasteiger charge is -2.21. The zero-order valence-corrected chi connectivity index (χ0v) is 14.2. The van der Waals surface area contributed by atoms with E-state index in [1.807, 2.05) is 31.2 Å². The molecule has 0 saturated carbocycles. The summed E-state index contributed by atoms with van der Waals surface area (Å²) in [5, 5.41) is 0.835. The normalized spacial score (nSPS) is 10.8. The monoisotopic (exact) mass is 345 g/mol. The van der Waals surface area contributed by atoms with Crippen molar-refractivity contribution in [2.75, 3.05) is 18.6 Å². The number of aromatic nitrogens is 2. The molecule has 0 bridgehead atoms. The number of halogens is 2. The van der Waals surface area contributed by atoms with E-state index >= 15 is 0 Å². The number of alkyl halides is 1. The number of benzene rings is 2. The van der Waals surface area contributed by atoms with Gasteiger partial charge in [0, 0.05) is 18.5 Å². The van der Waals surface area contributed by atoms with Crippen LogP contribution in [0.2, 0.25) is 0 Å². The van der Waals surface area contributed by atoms with E-state index in [-0.39, 0.29) is 11.7 Å². The molecule has 3 rings (SSSR count). The van der Waals surface area contributed by atoms with E-state index in [1.165, 1.54) is 6.07 Å². The third-order valence-electron chi connectivity index (χ3n) is 3.66. The van der Waals surface area contributed by atoms with Crippen molar-refractivity contribution in [3.63, 3.8) is 0 Å². The molecule has 3 aromatic rings. The van der Waals surface area contributed by atoms with Crippen LogP contribution in [0, 0.1) is 5.82 Å². The molecule has 0 saturated heterocycles. The highest BCUT2D eigenvalue weighted by Gasteiger charge is 2.16. The van der Waals surface area contributed by atoms with Crippen LogP contribution >= 0.6 is 11.6 Å². The summed E-state index contributed by atoms with van der Waals surface area (Å²) < 4.78 is 19.8. The number of hydrogen-bond donors (Lipinski definition) is 0. The average Bonchev–Trinajstić information content (AvgIpc) is 2.60. The van der Waals surface area contributed by atoms with Gasteiger partial charge in [0.1, 0.15) is 17.4 Å². The van der Waals surface area contributed by atoms with Crippen LogP contribution in [0.25, 0.3) is 10.9 Å². The van der Waals surface area contributed by atoms with E-state index in [0.29, 0.717) is 29.7 Å². The minimum atomic E-state index is -0.376. The molecular weight excluding hydrogens is 329 g/mol. The van der Waals surface area contributed by atoms with Crippen LogP contribution < -0.4 is 9.64 Å². The van der Waals surface area contributed by atoms with Gasteiger partial charge in [-0.2, -0.15) is 0 Å². The molecule has 124 valence electrons. The Hall–Kier alpha value is -2.40. The van der Waals surface area contributed by atoms with E-state index in [0.717, 1.165) is 10.9 Å². The van der Waals surface area contributed by atoms with E-state index in [1.54, 1.807) is 24.1 Å². The van der Waals surface area contributed by atoms with Crippen molar-refractivity contribution >= 4 is 34.0 Å². The van der Waals surface area contributed by atoms with Gasteiger partial charge in [-0.25, -0.2) is 14.4 Å². The first kappa shape index (κ1) is 16.5. The predicted molar refractivity (Wildman–Crippen MR) is 94.7 cm³/mol. The van der Waals surface area contributed by atoms with Gasteiger partial charge in [-0.05, 0) is 31.2 Å². The minimum Gasteiger partial charge on any atom is -0.494 e. The zero-order valence-electron chi connectivity index (χ0n) is 13.5. The van der Waals surface area contributed by atoms with E-state index < -0.39 is 0 Å². The van der Waals surface area contributed by atoms with Crippen molar-refractivity contribution in [1.29, 1.82) is 0 Å². The molecule has 0 spiro atoms. The molecule has 6 heteroatoms. The number of hydrogen-bond acceptors (Lipinski definition) is 4. The summed E-state index contributed by atoms with van der Waals surface area (Å²) in [5.41, 5.74) is 1.18. The van der Waals surface area contributed by atoms with Crippen molar-refractivity contribution in [3.8, 4) is 5.75 Å². The van der Waals surface area contributed by atoms with Crippen molar-refractivity contribution in [1.82, 2.24) is 9.97 Å². The quantitative estimate of drug-likeness (QED) is 0.630. The van der Waals surface area contributed by atoms with Gasteiger partial charge in [0.25, 0.3) is 0 Å². The number of anilines is 2. The third kappa shape index (κ3) is 3.12. The molecule has 0 aliphatic heterocycles. The van der Waals surface area contributed by atoms with E-state index in [4.69, 9.17) is 16.3 Å². The Balaban J connectivity index is 2.10. The molecule has 0 aliphatic carbocycles. The van der Waals surface area contributed by atoms with Crippen LogP contribution in [0.15, 0.2) is 42.5 Å². The molecule has 2 aromatic carbocycles. The minimum absolute atomic E-state index is 0.192. The predicted octanol–water partition coefficient (Wildman–Crippen LogP) is 4.67. The molecule has 0 radical (unpaired) electrons. The number of rotatable bonds is 5. The Morgan fingerprint density at radius 1 is 1.17 bits per heavy atom. The maximum atomic E-state index is 14.5. The molecule has 1 aromatic heterocycles. The van der Waals surface area contributed by atoms with Gasteiger partial charge in [0.05, 0.1) is 23.7 Å². The summed E-state index contributed by atoms with van der Waals surface area (Å²) >= 11 is 5.90. The number of ether oxygens (including phenoxy) is 1. The Morgan fingerprint density at radius 2 is 1.96 bits per heavy atom. The summed E-state index contributed by atoms with van der Waals surface area (Å²) in [6.45, 7) is 2.35. The first-order chi connectivity index (χ1) is 11.6. The molecule has 0 atom stereocenters.